The van der Waals surface area contributed by atoms with Gasteiger partial charge in [-0.15, -0.1) is 0 Å². The Morgan fingerprint density at radius 2 is 1.79 bits per heavy atom. The van der Waals surface area contributed by atoms with Crippen molar-refractivity contribution in [1.82, 2.24) is 15.1 Å². The lowest BCUT2D eigenvalue weighted by molar-refractivity contribution is -0.132. The Morgan fingerprint density at radius 3 is 2.55 bits per heavy atom. The van der Waals surface area contributed by atoms with Crippen molar-refractivity contribution in [2.24, 2.45) is 0 Å². The largest absolute Gasteiger partial charge is 0.338 e. The minimum atomic E-state index is 0.0826. The fourth-order valence-electron chi connectivity index (χ4n) is 3.68. The maximum Gasteiger partial charge on any atom is 0.222 e. The van der Waals surface area contributed by atoms with Gasteiger partial charge in [0.1, 0.15) is 0 Å². The zero-order chi connectivity index (χ0) is 20.2. The highest BCUT2D eigenvalue weighted by Crippen LogP contribution is 2.29. The summed E-state index contributed by atoms with van der Waals surface area (Å²) >= 11 is 5.99. The normalized spacial score (nSPS) is 13.2. The van der Waals surface area contributed by atoms with Gasteiger partial charge in [-0.3, -0.25) is 14.7 Å². The second-order valence-corrected chi connectivity index (χ2v) is 7.68. The van der Waals surface area contributed by atoms with Crippen LogP contribution in [0.2, 0.25) is 5.02 Å². The summed E-state index contributed by atoms with van der Waals surface area (Å²) in [7, 11) is 0. The SMILES string of the molecule is O=C(CCCC(=O)N1CCc2[nH]nc(-c3ccc(Cl)cc3)c2C1)c1ccccc1. The van der Waals surface area contributed by atoms with Crippen LogP contribution in [0.4, 0.5) is 0 Å². The predicted molar refractivity (Wildman–Crippen MR) is 113 cm³/mol. The number of carbonyl (C=O) groups is 2. The number of fused-ring (bicyclic) bond motifs is 1. The molecular formula is C23H22ClN3O2. The number of nitrogens with zero attached hydrogens (tertiary/aromatic N) is 2. The van der Waals surface area contributed by atoms with E-state index < -0.39 is 0 Å². The molecule has 0 radical (unpaired) electrons. The van der Waals surface area contributed by atoms with Gasteiger partial charge in [0.15, 0.2) is 5.78 Å². The molecular weight excluding hydrogens is 386 g/mol. The van der Waals surface area contributed by atoms with Gasteiger partial charge in [-0.25, -0.2) is 0 Å². The third kappa shape index (κ3) is 4.40. The first kappa shape index (κ1) is 19.4. The fraction of sp³-hybridized carbons (Fsp3) is 0.261. The van der Waals surface area contributed by atoms with E-state index in [-0.39, 0.29) is 11.7 Å². The van der Waals surface area contributed by atoms with E-state index in [0.717, 1.165) is 28.9 Å². The van der Waals surface area contributed by atoms with Gasteiger partial charge in [-0.05, 0) is 18.6 Å². The first-order chi connectivity index (χ1) is 14.1. The number of Topliss-reactive ketones (excluding diaryl/α,β-unsaturated/α-hetero) is 1. The van der Waals surface area contributed by atoms with Crippen molar-refractivity contribution in [3.8, 4) is 11.3 Å². The molecule has 6 heteroatoms. The molecule has 0 atom stereocenters. The molecule has 1 aliphatic heterocycles. The van der Waals surface area contributed by atoms with E-state index in [1.54, 1.807) is 0 Å². The number of hydrogen-bond donors (Lipinski definition) is 1. The van der Waals surface area contributed by atoms with E-state index in [0.29, 0.717) is 42.9 Å². The van der Waals surface area contributed by atoms with E-state index in [2.05, 4.69) is 10.2 Å². The molecule has 0 spiro atoms. The highest BCUT2D eigenvalue weighted by Gasteiger charge is 2.25. The Balaban J connectivity index is 1.37. The Morgan fingerprint density at radius 1 is 1.03 bits per heavy atom. The van der Waals surface area contributed by atoms with Crippen molar-refractivity contribution in [3.05, 3.63) is 76.4 Å². The summed E-state index contributed by atoms with van der Waals surface area (Å²) in [5.41, 5.74) is 4.70. The number of nitrogens with one attached hydrogen (secondary N) is 1. The zero-order valence-corrected chi connectivity index (χ0v) is 16.8. The molecule has 2 heterocycles. The van der Waals surface area contributed by atoms with E-state index in [4.69, 9.17) is 11.6 Å². The molecule has 148 valence electrons. The highest BCUT2D eigenvalue weighted by atomic mass is 35.5. The summed E-state index contributed by atoms with van der Waals surface area (Å²) in [6.45, 7) is 1.20. The smallest absolute Gasteiger partial charge is 0.222 e. The number of benzene rings is 2. The second kappa shape index (κ2) is 8.62. The summed E-state index contributed by atoms with van der Waals surface area (Å²) in [6.07, 6.45) is 2.08. The number of rotatable bonds is 6. The van der Waals surface area contributed by atoms with Crippen LogP contribution in [0.3, 0.4) is 0 Å². The number of amides is 1. The maximum absolute atomic E-state index is 12.7. The fourth-order valence-corrected chi connectivity index (χ4v) is 3.81. The van der Waals surface area contributed by atoms with Gasteiger partial charge in [0.2, 0.25) is 5.91 Å². The molecule has 2 aromatic carbocycles. The summed E-state index contributed by atoms with van der Waals surface area (Å²) < 4.78 is 0. The van der Waals surface area contributed by atoms with Gasteiger partial charge in [-0.1, -0.05) is 54.1 Å². The highest BCUT2D eigenvalue weighted by molar-refractivity contribution is 6.30. The average molecular weight is 408 g/mol. The van der Waals surface area contributed by atoms with Gasteiger partial charge < -0.3 is 4.90 Å². The molecule has 5 nitrogen and oxygen atoms in total. The number of aromatic nitrogens is 2. The Kier molecular flexibility index (Phi) is 5.76. The Bertz CT molecular complexity index is 1010. The molecule has 0 unspecified atom stereocenters. The Labute approximate surface area is 174 Å². The van der Waals surface area contributed by atoms with Crippen LogP contribution >= 0.6 is 11.6 Å². The van der Waals surface area contributed by atoms with Crippen molar-refractivity contribution in [2.45, 2.75) is 32.2 Å². The Hall–Kier alpha value is -2.92. The van der Waals surface area contributed by atoms with Crippen molar-refractivity contribution in [1.29, 1.82) is 0 Å². The lowest BCUT2D eigenvalue weighted by Crippen LogP contribution is -2.35. The maximum atomic E-state index is 12.7. The van der Waals surface area contributed by atoms with Crippen molar-refractivity contribution in [3.63, 3.8) is 0 Å². The van der Waals surface area contributed by atoms with Gasteiger partial charge in [-0.2, -0.15) is 5.10 Å². The number of aromatic amines is 1. The molecule has 0 saturated carbocycles. The monoisotopic (exact) mass is 407 g/mol. The molecule has 0 saturated heterocycles. The minimum Gasteiger partial charge on any atom is -0.338 e. The average Bonchev–Trinajstić information content (AvgIpc) is 3.18. The van der Waals surface area contributed by atoms with E-state index in [9.17, 15) is 9.59 Å². The van der Waals surface area contributed by atoms with Crippen LogP contribution in [0.25, 0.3) is 11.3 Å². The summed E-state index contributed by atoms with van der Waals surface area (Å²) in [6, 6.07) is 16.8. The predicted octanol–water partition coefficient (Wildman–Crippen LogP) is 4.67. The number of hydrogen-bond acceptors (Lipinski definition) is 3. The first-order valence-electron chi connectivity index (χ1n) is 9.80. The van der Waals surface area contributed by atoms with Gasteiger partial charge in [0.05, 0.1) is 5.69 Å². The van der Waals surface area contributed by atoms with Crippen LogP contribution in [0.1, 0.15) is 40.9 Å². The van der Waals surface area contributed by atoms with E-state index in [1.165, 1.54) is 0 Å². The standard InChI is InChI=1S/C23H22ClN3O2/c24-18-11-9-17(10-12-18)23-19-15-27(14-13-20(19)25-26-23)22(29)8-4-7-21(28)16-5-2-1-3-6-16/h1-3,5-6,9-12H,4,7-8,13-15H2,(H,25,26). The minimum absolute atomic E-state index is 0.0826. The summed E-state index contributed by atoms with van der Waals surface area (Å²) in [4.78, 5) is 26.8. The molecule has 1 aromatic heterocycles. The number of carbonyl (C=O) groups excluding carboxylic acids is 2. The third-order valence-electron chi connectivity index (χ3n) is 5.29. The van der Waals surface area contributed by atoms with Crippen LogP contribution in [-0.4, -0.2) is 33.3 Å². The van der Waals surface area contributed by atoms with Crippen LogP contribution < -0.4 is 0 Å². The van der Waals surface area contributed by atoms with Crippen molar-refractivity contribution >= 4 is 23.3 Å². The second-order valence-electron chi connectivity index (χ2n) is 7.24. The molecule has 0 bridgehead atoms. The zero-order valence-electron chi connectivity index (χ0n) is 16.0. The molecule has 3 aromatic rings. The van der Waals surface area contributed by atoms with E-state index in [1.807, 2.05) is 59.5 Å². The van der Waals surface area contributed by atoms with Crippen LogP contribution in [-0.2, 0) is 17.8 Å². The van der Waals surface area contributed by atoms with Crippen LogP contribution in [0.5, 0.6) is 0 Å². The van der Waals surface area contributed by atoms with Crippen molar-refractivity contribution < 1.29 is 9.59 Å². The number of ketones is 1. The van der Waals surface area contributed by atoms with E-state index >= 15 is 0 Å². The molecule has 4 rings (SSSR count). The van der Waals surface area contributed by atoms with Crippen LogP contribution in [0, 0.1) is 0 Å². The summed E-state index contributed by atoms with van der Waals surface area (Å²) in [5.74, 6) is 0.166. The van der Waals surface area contributed by atoms with Crippen LogP contribution in [0.15, 0.2) is 54.6 Å². The molecule has 0 aliphatic carbocycles. The molecule has 1 aliphatic rings. The first-order valence-corrected chi connectivity index (χ1v) is 10.2. The molecule has 29 heavy (non-hydrogen) atoms. The van der Waals surface area contributed by atoms with Gasteiger partial charge in [0, 0.05) is 59.8 Å². The number of H-pyrrole nitrogens is 1. The number of halogens is 1. The third-order valence-corrected chi connectivity index (χ3v) is 5.55. The quantitative estimate of drug-likeness (QED) is 0.604. The van der Waals surface area contributed by atoms with Crippen molar-refractivity contribution in [2.75, 3.05) is 6.54 Å². The molecule has 1 N–H and O–H groups in total. The van der Waals surface area contributed by atoms with Gasteiger partial charge in [0.25, 0.3) is 0 Å². The topological polar surface area (TPSA) is 66.1 Å². The lowest BCUT2D eigenvalue weighted by atomic mass is 10.0. The summed E-state index contributed by atoms with van der Waals surface area (Å²) in [5, 5.41) is 8.25. The lowest BCUT2D eigenvalue weighted by Gasteiger charge is -2.27. The van der Waals surface area contributed by atoms with Gasteiger partial charge >= 0.3 is 0 Å². The molecule has 1 amide bonds. The molecule has 0 fully saturated rings.